The van der Waals surface area contributed by atoms with Gasteiger partial charge in [-0.15, -0.1) is 0 Å². The first-order valence-electron chi connectivity index (χ1n) is 18.4. The lowest BCUT2D eigenvalue weighted by molar-refractivity contribution is -0.237. The molecule has 4 aliphatic carbocycles. The maximum Gasteiger partial charge on any atom is 0.302 e. The van der Waals surface area contributed by atoms with Gasteiger partial charge >= 0.3 is 5.97 Å². The third kappa shape index (κ3) is 7.33. The Hall–Kier alpha value is -0.690. The predicted octanol–water partition coefficient (Wildman–Crippen LogP) is 6.69. The number of carbonyl (C=O) groups excluding carboxylic acids is 1. The summed E-state index contributed by atoms with van der Waals surface area (Å²) in [7, 11) is 0. The van der Waals surface area contributed by atoms with Gasteiger partial charge in [-0.25, -0.2) is 0 Å². The molecule has 0 aromatic rings. The Balaban J connectivity index is 1.49. The molecule has 43 heavy (non-hydrogen) atoms. The molecule has 4 fully saturated rings. The lowest BCUT2D eigenvalue weighted by Gasteiger charge is -2.66. The number of fused-ring (bicyclic) bond motifs is 5. The van der Waals surface area contributed by atoms with Crippen molar-refractivity contribution in [3.63, 3.8) is 0 Å². The molecular formula is C37H69N3O3. The molecule has 3 unspecified atom stereocenters. The summed E-state index contributed by atoms with van der Waals surface area (Å²) in [4.78, 5) is 11.9. The van der Waals surface area contributed by atoms with Crippen LogP contribution in [0.1, 0.15) is 132 Å². The van der Waals surface area contributed by atoms with E-state index < -0.39 is 5.60 Å². The summed E-state index contributed by atoms with van der Waals surface area (Å²) in [5.41, 5.74) is 5.05. The number of nitrogens with one attached hydrogen (secondary N) is 2. The van der Waals surface area contributed by atoms with Gasteiger partial charge in [0.1, 0.15) is 6.10 Å². The van der Waals surface area contributed by atoms with Crippen LogP contribution >= 0.6 is 0 Å². The lowest BCUT2D eigenvalue weighted by atomic mass is 9.42. The minimum atomic E-state index is -0.849. The highest BCUT2D eigenvalue weighted by Gasteiger charge is 2.67. The Labute approximate surface area is 264 Å². The minimum absolute atomic E-state index is 0.0491. The fourth-order valence-electron chi connectivity index (χ4n) is 10.9. The third-order valence-electron chi connectivity index (χ3n) is 13.9. The second-order valence-electron chi connectivity index (χ2n) is 16.5. The largest absolute Gasteiger partial charge is 0.462 e. The summed E-state index contributed by atoms with van der Waals surface area (Å²) >= 11 is 0. The second kappa shape index (κ2) is 14.8. The average Bonchev–Trinajstić information content (AvgIpc) is 3.31. The standard InChI is InChI=1S/C37H69N3O3/c1-25(2)26(3)11-12-27(4)31-13-14-32-30-23-34(40-22-9-8-20-39-21-10-19-38)37(42)24-29(43-28(5)41)15-18-36(37,7)33(30)16-17-35(31,32)6/h25-27,29-34,39-40,42H,8-24,38H2,1-7H3/t26-,27-,29?,30+,31-,32+,33+,34?,35-,36-,37?/m1/s1. The highest BCUT2D eigenvalue weighted by atomic mass is 16.5. The normalized spacial score (nSPS) is 40.4. The van der Waals surface area contributed by atoms with Crippen molar-refractivity contribution >= 4 is 5.97 Å². The van der Waals surface area contributed by atoms with Crippen molar-refractivity contribution in [2.45, 2.75) is 150 Å². The molecule has 5 N–H and O–H groups in total. The zero-order chi connectivity index (χ0) is 31.4. The number of ether oxygens (including phenoxy) is 1. The summed E-state index contributed by atoms with van der Waals surface area (Å²) in [5, 5.41) is 20.2. The Kier molecular flexibility index (Phi) is 12.1. The topological polar surface area (TPSA) is 96.6 Å². The second-order valence-corrected chi connectivity index (χ2v) is 16.5. The van der Waals surface area contributed by atoms with Gasteiger partial charge in [0.25, 0.3) is 0 Å². The van der Waals surface area contributed by atoms with Crippen molar-refractivity contribution in [2.24, 2.45) is 58.0 Å². The molecule has 0 bridgehead atoms. The Morgan fingerprint density at radius 1 is 0.953 bits per heavy atom. The van der Waals surface area contributed by atoms with Gasteiger partial charge in [-0.2, -0.15) is 0 Å². The van der Waals surface area contributed by atoms with Crippen LogP contribution in [0.25, 0.3) is 0 Å². The van der Waals surface area contributed by atoms with Crippen molar-refractivity contribution in [2.75, 3.05) is 26.2 Å². The molecule has 4 aliphatic rings. The molecule has 0 heterocycles. The fourth-order valence-corrected chi connectivity index (χ4v) is 10.9. The smallest absolute Gasteiger partial charge is 0.302 e. The van der Waals surface area contributed by atoms with Crippen LogP contribution in [0.5, 0.6) is 0 Å². The van der Waals surface area contributed by atoms with E-state index in [1.54, 1.807) is 0 Å². The Morgan fingerprint density at radius 2 is 1.67 bits per heavy atom. The fraction of sp³-hybridized carbons (Fsp3) is 0.973. The number of unbranched alkanes of at least 4 members (excludes halogenated alkanes) is 1. The molecule has 0 amide bonds. The van der Waals surface area contributed by atoms with Crippen LogP contribution in [0.2, 0.25) is 0 Å². The van der Waals surface area contributed by atoms with Gasteiger partial charge in [-0.05, 0) is 137 Å². The summed E-state index contributed by atoms with van der Waals surface area (Å²) in [5.74, 6) is 4.92. The van der Waals surface area contributed by atoms with Crippen LogP contribution < -0.4 is 16.4 Å². The lowest BCUT2D eigenvalue weighted by Crippen LogP contribution is -2.71. The highest BCUT2D eigenvalue weighted by molar-refractivity contribution is 5.66. The first kappa shape index (κ1) is 35.2. The van der Waals surface area contributed by atoms with E-state index in [-0.39, 0.29) is 23.5 Å². The van der Waals surface area contributed by atoms with Crippen molar-refractivity contribution in [3.8, 4) is 0 Å². The molecule has 0 aromatic heterocycles. The van der Waals surface area contributed by atoms with E-state index in [1.807, 2.05) is 0 Å². The zero-order valence-electron chi connectivity index (χ0n) is 29.1. The number of carbonyl (C=O) groups is 1. The Morgan fingerprint density at radius 3 is 2.37 bits per heavy atom. The first-order valence-corrected chi connectivity index (χ1v) is 18.4. The average molecular weight is 604 g/mol. The maximum atomic E-state index is 12.8. The molecule has 4 rings (SSSR count). The number of esters is 1. The van der Waals surface area contributed by atoms with Gasteiger partial charge in [-0.3, -0.25) is 4.79 Å². The number of nitrogens with two attached hydrogens (primary N) is 1. The molecule has 0 aliphatic heterocycles. The van der Waals surface area contributed by atoms with Crippen molar-refractivity contribution in [1.82, 2.24) is 10.6 Å². The summed E-state index contributed by atoms with van der Waals surface area (Å²) in [6.45, 7) is 20.0. The van der Waals surface area contributed by atoms with Crippen LogP contribution in [0, 0.1) is 52.3 Å². The van der Waals surface area contributed by atoms with E-state index in [4.69, 9.17) is 10.5 Å². The highest BCUT2D eigenvalue weighted by Crippen LogP contribution is 2.69. The quantitative estimate of drug-likeness (QED) is 0.123. The van der Waals surface area contributed by atoms with Gasteiger partial charge in [-0.1, -0.05) is 54.4 Å². The van der Waals surface area contributed by atoms with Crippen molar-refractivity contribution in [1.29, 1.82) is 0 Å². The first-order chi connectivity index (χ1) is 20.4. The predicted molar refractivity (Wildman–Crippen MR) is 178 cm³/mol. The monoisotopic (exact) mass is 604 g/mol. The SMILES string of the molecule is CC(=O)OC1CC[C@]2(C)[C@H]3CC[C@]4(C)[C@@H]([C@H](C)CC[C@@H](C)C(C)C)CC[C@H]4[C@@H]3CC(NCCCCNCCCN)C2(O)C1. The molecule has 6 nitrogen and oxygen atoms in total. The van der Waals surface area contributed by atoms with Gasteiger partial charge in [0.15, 0.2) is 0 Å². The third-order valence-corrected chi connectivity index (χ3v) is 13.9. The van der Waals surface area contributed by atoms with Crippen LogP contribution in [0.3, 0.4) is 0 Å². The Bertz CT molecular complexity index is 898. The molecule has 0 spiro atoms. The molecule has 11 atom stereocenters. The number of hydrogen-bond donors (Lipinski definition) is 4. The van der Waals surface area contributed by atoms with Crippen LogP contribution in [-0.2, 0) is 9.53 Å². The number of hydrogen-bond acceptors (Lipinski definition) is 6. The molecule has 0 radical (unpaired) electrons. The van der Waals surface area contributed by atoms with Gasteiger partial charge in [0.2, 0.25) is 0 Å². The van der Waals surface area contributed by atoms with E-state index in [2.05, 4.69) is 52.2 Å². The summed E-state index contributed by atoms with van der Waals surface area (Å²) in [6, 6.07) is 0.0491. The van der Waals surface area contributed by atoms with Crippen LogP contribution in [0.4, 0.5) is 0 Å². The molecule has 0 saturated heterocycles. The summed E-state index contributed by atoms with van der Waals surface area (Å²) in [6.07, 6.45) is 14.5. The minimum Gasteiger partial charge on any atom is -0.462 e. The molecular weight excluding hydrogens is 534 g/mol. The number of rotatable bonds is 15. The maximum absolute atomic E-state index is 12.8. The molecule has 4 saturated carbocycles. The molecule has 6 heteroatoms. The van der Waals surface area contributed by atoms with E-state index in [0.717, 1.165) is 94.3 Å². The van der Waals surface area contributed by atoms with Gasteiger partial charge in [0.05, 0.1) is 5.60 Å². The van der Waals surface area contributed by atoms with E-state index in [0.29, 0.717) is 23.7 Å². The van der Waals surface area contributed by atoms with E-state index in [9.17, 15) is 9.90 Å². The number of aliphatic hydroxyl groups is 1. The van der Waals surface area contributed by atoms with E-state index >= 15 is 0 Å². The van der Waals surface area contributed by atoms with Crippen molar-refractivity contribution < 1.29 is 14.6 Å². The molecule has 0 aromatic carbocycles. The van der Waals surface area contributed by atoms with Gasteiger partial charge in [0, 0.05) is 24.8 Å². The van der Waals surface area contributed by atoms with Gasteiger partial charge < -0.3 is 26.2 Å². The molecule has 250 valence electrons. The van der Waals surface area contributed by atoms with Crippen molar-refractivity contribution in [3.05, 3.63) is 0 Å². The van der Waals surface area contributed by atoms with E-state index in [1.165, 1.54) is 45.4 Å². The summed E-state index contributed by atoms with van der Waals surface area (Å²) < 4.78 is 5.76. The van der Waals surface area contributed by atoms with Crippen LogP contribution in [-0.4, -0.2) is 55.0 Å². The van der Waals surface area contributed by atoms with Crippen LogP contribution in [0.15, 0.2) is 0 Å². The zero-order valence-corrected chi connectivity index (χ0v) is 29.1.